The number of rotatable bonds is 3. The quantitative estimate of drug-likeness (QED) is 0.896. The van der Waals surface area contributed by atoms with Gasteiger partial charge in [0.1, 0.15) is 0 Å². The highest BCUT2D eigenvalue weighted by Gasteiger charge is 2.35. The van der Waals surface area contributed by atoms with Crippen LogP contribution in [0.25, 0.3) is 0 Å². The Morgan fingerprint density at radius 3 is 2.45 bits per heavy atom. The predicted octanol–water partition coefficient (Wildman–Crippen LogP) is 2.79. The minimum absolute atomic E-state index is 0.260. The highest BCUT2D eigenvalue weighted by molar-refractivity contribution is 5.95. The molecule has 2 rings (SSSR count). The van der Waals surface area contributed by atoms with Gasteiger partial charge in [-0.1, -0.05) is 18.9 Å². The van der Waals surface area contributed by atoms with Crippen LogP contribution in [0.2, 0.25) is 0 Å². The van der Waals surface area contributed by atoms with Crippen LogP contribution in [0.15, 0.2) is 18.2 Å². The fourth-order valence-electron chi connectivity index (χ4n) is 2.57. The summed E-state index contributed by atoms with van der Waals surface area (Å²) in [6.45, 7) is 0. The molecule has 1 saturated carbocycles. The third-order valence-electron chi connectivity index (χ3n) is 3.63. The van der Waals surface area contributed by atoms with Crippen molar-refractivity contribution in [2.75, 3.05) is 5.32 Å². The molecular formula is C14H15F2NO3. The Kier molecular flexibility index (Phi) is 4.32. The maximum absolute atomic E-state index is 13.5. The van der Waals surface area contributed by atoms with Crippen molar-refractivity contribution in [1.29, 1.82) is 0 Å². The molecule has 0 bridgehead atoms. The Hall–Kier alpha value is -1.98. The topological polar surface area (TPSA) is 66.4 Å². The van der Waals surface area contributed by atoms with Crippen LogP contribution in [0.1, 0.15) is 25.7 Å². The van der Waals surface area contributed by atoms with Crippen molar-refractivity contribution in [2.24, 2.45) is 11.8 Å². The molecule has 20 heavy (non-hydrogen) atoms. The molecule has 1 aromatic carbocycles. The summed E-state index contributed by atoms with van der Waals surface area (Å²) >= 11 is 0. The third kappa shape index (κ3) is 2.95. The second kappa shape index (κ2) is 5.98. The molecule has 0 radical (unpaired) electrons. The summed E-state index contributed by atoms with van der Waals surface area (Å²) in [6, 6.07) is 3.48. The molecule has 0 aliphatic heterocycles. The summed E-state index contributed by atoms with van der Waals surface area (Å²) in [4.78, 5) is 23.2. The molecule has 0 unspecified atom stereocenters. The molecule has 1 amide bonds. The molecule has 1 fully saturated rings. The van der Waals surface area contributed by atoms with E-state index in [4.69, 9.17) is 5.11 Å². The van der Waals surface area contributed by atoms with Gasteiger partial charge in [-0.15, -0.1) is 0 Å². The lowest BCUT2D eigenvalue weighted by Crippen LogP contribution is -2.36. The van der Waals surface area contributed by atoms with Crippen molar-refractivity contribution in [3.05, 3.63) is 29.8 Å². The molecule has 2 N–H and O–H groups in total. The number of carboxylic acids is 1. The summed E-state index contributed by atoms with van der Waals surface area (Å²) in [5.41, 5.74) is -0.260. The monoisotopic (exact) mass is 283 g/mol. The minimum Gasteiger partial charge on any atom is -0.481 e. The van der Waals surface area contributed by atoms with Gasteiger partial charge < -0.3 is 10.4 Å². The van der Waals surface area contributed by atoms with E-state index in [0.717, 1.165) is 18.9 Å². The van der Waals surface area contributed by atoms with Crippen molar-refractivity contribution in [3.63, 3.8) is 0 Å². The van der Waals surface area contributed by atoms with Crippen LogP contribution in [0, 0.1) is 23.5 Å². The Bertz CT molecular complexity index is 533. The van der Waals surface area contributed by atoms with E-state index in [0.29, 0.717) is 12.8 Å². The first kappa shape index (κ1) is 14.4. The van der Waals surface area contributed by atoms with Crippen LogP contribution in [0.4, 0.5) is 14.5 Å². The van der Waals surface area contributed by atoms with Crippen molar-refractivity contribution < 1.29 is 23.5 Å². The average molecular weight is 283 g/mol. The molecule has 6 heteroatoms. The van der Waals surface area contributed by atoms with Crippen molar-refractivity contribution in [2.45, 2.75) is 25.7 Å². The Balaban J connectivity index is 2.14. The molecular weight excluding hydrogens is 268 g/mol. The minimum atomic E-state index is -1.14. The van der Waals surface area contributed by atoms with E-state index < -0.39 is 35.3 Å². The molecule has 108 valence electrons. The van der Waals surface area contributed by atoms with E-state index in [1.165, 1.54) is 12.1 Å². The van der Waals surface area contributed by atoms with Crippen LogP contribution in [0.3, 0.4) is 0 Å². The van der Waals surface area contributed by atoms with Gasteiger partial charge in [-0.25, -0.2) is 8.78 Å². The molecule has 0 saturated heterocycles. The zero-order valence-electron chi connectivity index (χ0n) is 10.7. The van der Waals surface area contributed by atoms with Gasteiger partial charge in [0.25, 0.3) is 0 Å². The molecule has 1 aliphatic rings. The Labute approximate surface area is 114 Å². The summed E-state index contributed by atoms with van der Waals surface area (Å²) in [5.74, 6) is -5.25. The molecule has 1 aliphatic carbocycles. The molecule has 0 spiro atoms. The highest BCUT2D eigenvalue weighted by atomic mass is 19.2. The highest BCUT2D eigenvalue weighted by Crippen LogP contribution is 2.31. The standard InChI is InChI=1S/C14H15F2NO3/c15-10-6-3-7-11(12(10)16)17-13(18)8-4-1-2-5-9(8)14(19)20/h3,6-9H,1-2,4-5H2,(H,17,18)(H,19,20)/t8-,9+/m1/s1. The van der Waals surface area contributed by atoms with Crippen molar-refractivity contribution >= 4 is 17.6 Å². The van der Waals surface area contributed by atoms with Gasteiger partial charge in [0.05, 0.1) is 17.5 Å². The molecule has 0 aromatic heterocycles. The number of carbonyl (C=O) groups is 2. The maximum atomic E-state index is 13.5. The second-order valence-corrected chi connectivity index (χ2v) is 4.93. The van der Waals surface area contributed by atoms with Crippen molar-refractivity contribution in [1.82, 2.24) is 0 Å². The lowest BCUT2D eigenvalue weighted by atomic mass is 9.78. The van der Waals surface area contributed by atoms with Crippen LogP contribution >= 0.6 is 0 Å². The fourth-order valence-corrected chi connectivity index (χ4v) is 2.57. The Morgan fingerprint density at radius 1 is 1.15 bits per heavy atom. The number of anilines is 1. The summed E-state index contributed by atoms with van der Waals surface area (Å²) in [7, 11) is 0. The van der Waals surface area contributed by atoms with E-state index in [-0.39, 0.29) is 5.69 Å². The third-order valence-corrected chi connectivity index (χ3v) is 3.63. The Morgan fingerprint density at radius 2 is 1.80 bits per heavy atom. The summed E-state index contributed by atoms with van der Waals surface area (Å²) < 4.78 is 26.5. The summed E-state index contributed by atoms with van der Waals surface area (Å²) in [5, 5.41) is 11.4. The smallest absolute Gasteiger partial charge is 0.307 e. The van der Waals surface area contributed by atoms with Crippen LogP contribution in [0.5, 0.6) is 0 Å². The fraction of sp³-hybridized carbons (Fsp3) is 0.429. The second-order valence-electron chi connectivity index (χ2n) is 4.93. The van der Waals surface area contributed by atoms with Crippen LogP contribution < -0.4 is 5.32 Å². The summed E-state index contributed by atoms with van der Waals surface area (Å²) in [6.07, 6.45) is 2.39. The first-order valence-electron chi connectivity index (χ1n) is 6.48. The molecule has 0 heterocycles. The van der Waals surface area contributed by atoms with E-state index in [9.17, 15) is 18.4 Å². The van der Waals surface area contributed by atoms with E-state index in [1.54, 1.807) is 0 Å². The number of halogens is 2. The van der Waals surface area contributed by atoms with E-state index in [1.807, 2.05) is 0 Å². The van der Waals surface area contributed by atoms with Gasteiger partial charge in [-0.05, 0) is 25.0 Å². The predicted molar refractivity (Wildman–Crippen MR) is 68.1 cm³/mol. The lowest BCUT2D eigenvalue weighted by Gasteiger charge is -2.27. The average Bonchev–Trinajstić information content (AvgIpc) is 2.43. The SMILES string of the molecule is O=C(O)[C@H]1CCCC[C@H]1C(=O)Nc1cccc(F)c1F. The van der Waals surface area contributed by atoms with Gasteiger partial charge in [-0.2, -0.15) is 0 Å². The van der Waals surface area contributed by atoms with Gasteiger partial charge in [0.2, 0.25) is 5.91 Å². The van der Waals surface area contributed by atoms with E-state index >= 15 is 0 Å². The largest absolute Gasteiger partial charge is 0.481 e. The number of carboxylic acid groups (broad SMARTS) is 1. The van der Waals surface area contributed by atoms with Crippen molar-refractivity contribution in [3.8, 4) is 0 Å². The van der Waals surface area contributed by atoms with Gasteiger partial charge >= 0.3 is 5.97 Å². The van der Waals surface area contributed by atoms with Gasteiger partial charge in [-0.3, -0.25) is 9.59 Å². The molecule has 1 aromatic rings. The number of hydrogen-bond acceptors (Lipinski definition) is 2. The molecule has 4 nitrogen and oxygen atoms in total. The van der Waals surface area contributed by atoms with Crippen LogP contribution in [-0.4, -0.2) is 17.0 Å². The number of benzene rings is 1. The zero-order chi connectivity index (χ0) is 14.7. The van der Waals surface area contributed by atoms with Crippen LogP contribution in [-0.2, 0) is 9.59 Å². The first-order chi connectivity index (χ1) is 9.50. The number of hydrogen-bond donors (Lipinski definition) is 2. The number of carbonyl (C=O) groups excluding carboxylic acids is 1. The van der Waals surface area contributed by atoms with Gasteiger partial charge in [0, 0.05) is 0 Å². The maximum Gasteiger partial charge on any atom is 0.307 e. The normalized spacial score (nSPS) is 22.3. The number of amides is 1. The molecule has 2 atom stereocenters. The number of aliphatic carboxylic acids is 1. The zero-order valence-corrected chi connectivity index (χ0v) is 10.7. The van der Waals surface area contributed by atoms with E-state index in [2.05, 4.69) is 5.32 Å². The number of nitrogens with one attached hydrogen (secondary N) is 1. The first-order valence-corrected chi connectivity index (χ1v) is 6.48. The van der Waals surface area contributed by atoms with Gasteiger partial charge in [0.15, 0.2) is 11.6 Å². The lowest BCUT2D eigenvalue weighted by molar-refractivity contribution is -0.147.